The predicted octanol–water partition coefficient (Wildman–Crippen LogP) is 3.04. The number of halogens is 1. The average Bonchev–Trinajstić information content (AvgIpc) is 2.59. The number of benzene rings is 1. The summed E-state index contributed by atoms with van der Waals surface area (Å²) in [6.07, 6.45) is 2.80. The van der Waals surface area contributed by atoms with Gasteiger partial charge in [-0.15, -0.1) is 6.58 Å². The third-order valence-electron chi connectivity index (χ3n) is 3.32. The van der Waals surface area contributed by atoms with Crippen molar-refractivity contribution < 1.29 is 9.59 Å². The number of hydrogen-bond donors (Lipinski definition) is 0. The van der Waals surface area contributed by atoms with E-state index in [0.717, 1.165) is 9.13 Å². The Kier molecular flexibility index (Phi) is 3.47. The minimum Gasteiger partial charge on any atom is -0.298 e. The molecule has 0 N–H and O–H groups in total. The van der Waals surface area contributed by atoms with Crippen LogP contribution in [0.2, 0.25) is 0 Å². The van der Waals surface area contributed by atoms with E-state index in [1.54, 1.807) is 6.08 Å². The Labute approximate surface area is 114 Å². The highest BCUT2D eigenvalue weighted by molar-refractivity contribution is 14.1. The molecule has 17 heavy (non-hydrogen) atoms. The molecule has 1 aromatic carbocycles. The molecule has 0 spiro atoms. The number of carbonyl (C=O) groups is 2. The topological polar surface area (TPSA) is 34.1 Å². The first kappa shape index (κ1) is 12.5. The van der Waals surface area contributed by atoms with E-state index in [4.69, 9.17) is 0 Å². The van der Waals surface area contributed by atoms with Crippen LogP contribution in [0.3, 0.4) is 0 Å². The fourth-order valence-corrected chi connectivity index (χ4v) is 3.32. The van der Waals surface area contributed by atoms with Gasteiger partial charge in [-0.2, -0.15) is 0 Å². The van der Waals surface area contributed by atoms with Crippen LogP contribution in [0.4, 0.5) is 0 Å². The molecule has 1 aliphatic rings. The van der Waals surface area contributed by atoms with Gasteiger partial charge in [-0.3, -0.25) is 9.59 Å². The summed E-state index contributed by atoms with van der Waals surface area (Å²) in [4.78, 5) is 24.4. The third-order valence-corrected chi connectivity index (χ3v) is 4.26. The molecule has 0 aliphatic heterocycles. The first-order valence-electron chi connectivity index (χ1n) is 5.55. The van der Waals surface area contributed by atoms with E-state index >= 15 is 0 Å². The molecule has 0 bridgehead atoms. The monoisotopic (exact) mass is 340 g/mol. The van der Waals surface area contributed by atoms with Gasteiger partial charge in [-0.25, -0.2) is 0 Å². The van der Waals surface area contributed by atoms with Gasteiger partial charge < -0.3 is 0 Å². The Morgan fingerprint density at radius 1 is 1.24 bits per heavy atom. The highest BCUT2D eigenvalue weighted by atomic mass is 127. The average molecular weight is 340 g/mol. The highest BCUT2D eigenvalue weighted by Gasteiger charge is 2.50. The van der Waals surface area contributed by atoms with E-state index in [2.05, 4.69) is 29.2 Å². The van der Waals surface area contributed by atoms with Crippen molar-refractivity contribution in [1.82, 2.24) is 0 Å². The summed E-state index contributed by atoms with van der Waals surface area (Å²) in [5.41, 5.74) is -0.118. The number of Topliss-reactive ketones (excluding diaryl/α,β-unsaturated/α-hetero) is 2. The van der Waals surface area contributed by atoms with Crippen LogP contribution in [0.1, 0.15) is 24.8 Å². The third kappa shape index (κ3) is 1.86. The molecular weight excluding hydrogens is 327 g/mol. The van der Waals surface area contributed by atoms with Crippen LogP contribution >= 0.6 is 22.6 Å². The van der Waals surface area contributed by atoms with Crippen LogP contribution in [0.25, 0.3) is 0 Å². The second-order valence-electron chi connectivity index (χ2n) is 4.22. The lowest BCUT2D eigenvalue weighted by atomic mass is 9.74. The van der Waals surface area contributed by atoms with Gasteiger partial charge in [0, 0.05) is 16.4 Å². The Bertz CT molecular complexity index is 475. The van der Waals surface area contributed by atoms with E-state index in [0.29, 0.717) is 19.3 Å². The van der Waals surface area contributed by atoms with E-state index in [9.17, 15) is 9.59 Å². The Morgan fingerprint density at radius 2 is 1.82 bits per heavy atom. The Morgan fingerprint density at radius 3 is 2.35 bits per heavy atom. The summed E-state index contributed by atoms with van der Waals surface area (Å²) in [5.74, 6) is 0.0676. The Balaban J connectivity index is 2.63. The molecule has 1 fully saturated rings. The number of hydrogen-bond acceptors (Lipinski definition) is 2. The molecule has 2 rings (SSSR count). The van der Waals surface area contributed by atoms with Crippen LogP contribution in [0.5, 0.6) is 0 Å². The number of allylic oxidation sites excluding steroid dienone is 1. The minimum atomic E-state index is -0.959. The van der Waals surface area contributed by atoms with Crippen molar-refractivity contribution in [3.8, 4) is 0 Å². The fraction of sp³-hybridized carbons (Fsp3) is 0.286. The van der Waals surface area contributed by atoms with Crippen molar-refractivity contribution in [3.63, 3.8) is 0 Å². The van der Waals surface area contributed by atoms with Crippen LogP contribution in [0, 0.1) is 3.57 Å². The fourth-order valence-electron chi connectivity index (χ4n) is 2.47. The van der Waals surface area contributed by atoms with Gasteiger partial charge in [0.15, 0.2) is 11.6 Å². The summed E-state index contributed by atoms with van der Waals surface area (Å²) in [7, 11) is 0. The molecule has 0 atom stereocenters. The zero-order valence-corrected chi connectivity index (χ0v) is 11.6. The van der Waals surface area contributed by atoms with Crippen molar-refractivity contribution in [2.45, 2.75) is 24.7 Å². The first-order chi connectivity index (χ1) is 8.13. The zero-order chi connectivity index (χ0) is 12.5. The molecule has 0 aromatic heterocycles. The molecule has 0 radical (unpaired) electrons. The summed E-state index contributed by atoms with van der Waals surface area (Å²) in [5, 5.41) is 0. The molecule has 1 aliphatic carbocycles. The van der Waals surface area contributed by atoms with Gasteiger partial charge in [0.25, 0.3) is 0 Å². The van der Waals surface area contributed by atoms with Gasteiger partial charge >= 0.3 is 0 Å². The lowest BCUT2D eigenvalue weighted by Gasteiger charge is -2.26. The van der Waals surface area contributed by atoms with Crippen LogP contribution in [0.15, 0.2) is 36.9 Å². The highest BCUT2D eigenvalue weighted by Crippen LogP contribution is 2.40. The molecule has 0 amide bonds. The number of ketones is 2. The van der Waals surface area contributed by atoms with Crippen LogP contribution < -0.4 is 0 Å². The van der Waals surface area contributed by atoms with E-state index < -0.39 is 5.41 Å². The van der Waals surface area contributed by atoms with Crippen LogP contribution in [-0.4, -0.2) is 11.6 Å². The van der Waals surface area contributed by atoms with E-state index in [1.165, 1.54) is 0 Å². The second kappa shape index (κ2) is 4.72. The number of carbonyl (C=O) groups excluding carboxylic acids is 2. The molecule has 0 heterocycles. The standard InChI is InChI=1S/C14H13IO2/c1-2-9-14(12(16)7-8-13(14)17)10-5-3-4-6-11(10)15/h2-6H,1,7-9H2. The first-order valence-corrected chi connectivity index (χ1v) is 6.63. The molecule has 88 valence electrons. The summed E-state index contributed by atoms with van der Waals surface area (Å²) in [6.45, 7) is 3.69. The van der Waals surface area contributed by atoms with Crippen molar-refractivity contribution >= 4 is 34.2 Å². The van der Waals surface area contributed by atoms with Gasteiger partial charge in [0.1, 0.15) is 5.41 Å². The largest absolute Gasteiger partial charge is 0.298 e. The maximum absolute atomic E-state index is 12.2. The number of rotatable bonds is 3. The SMILES string of the molecule is C=CCC1(c2ccccc2I)C(=O)CCC1=O. The lowest BCUT2D eigenvalue weighted by Crippen LogP contribution is -2.38. The van der Waals surface area contributed by atoms with Crippen molar-refractivity contribution in [1.29, 1.82) is 0 Å². The smallest absolute Gasteiger partial charge is 0.151 e. The molecule has 1 saturated carbocycles. The maximum atomic E-state index is 12.2. The molecule has 0 saturated heterocycles. The predicted molar refractivity (Wildman–Crippen MR) is 74.9 cm³/mol. The van der Waals surface area contributed by atoms with Crippen molar-refractivity contribution in [3.05, 3.63) is 46.1 Å². The van der Waals surface area contributed by atoms with Crippen molar-refractivity contribution in [2.24, 2.45) is 0 Å². The molecule has 3 heteroatoms. The zero-order valence-electron chi connectivity index (χ0n) is 9.41. The quantitative estimate of drug-likeness (QED) is 0.482. The summed E-state index contributed by atoms with van der Waals surface area (Å²) < 4.78 is 0.968. The molecule has 2 nitrogen and oxygen atoms in total. The summed E-state index contributed by atoms with van der Waals surface area (Å²) >= 11 is 2.18. The maximum Gasteiger partial charge on any atom is 0.151 e. The van der Waals surface area contributed by atoms with Gasteiger partial charge in [-0.05, 0) is 40.6 Å². The van der Waals surface area contributed by atoms with E-state index in [1.807, 2.05) is 24.3 Å². The molecule has 1 aromatic rings. The van der Waals surface area contributed by atoms with Gasteiger partial charge in [-0.1, -0.05) is 24.3 Å². The Hall–Kier alpha value is -0.970. The van der Waals surface area contributed by atoms with Gasteiger partial charge in [0.2, 0.25) is 0 Å². The van der Waals surface area contributed by atoms with Gasteiger partial charge in [0.05, 0.1) is 0 Å². The van der Waals surface area contributed by atoms with Crippen LogP contribution in [-0.2, 0) is 15.0 Å². The minimum absolute atomic E-state index is 0.0338. The van der Waals surface area contributed by atoms with E-state index in [-0.39, 0.29) is 11.6 Å². The normalized spacial score (nSPS) is 18.4. The van der Waals surface area contributed by atoms with Crippen molar-refractivity contribution in [2.75, 3.05) is 0 Å². The second-order valence-corrected chi connectivity index (χ2v) is 5.39. The molecule has 0 unspecified atom stereocenters. The molecular formula is C14H13IO2. The lowest BCUT2D eigenvalue weighted by molar-refractivity contribution is -0.129. The summed E-state index contributed by atoms with van der Waals surface area (Å²) in [6, 6.07) is 7.60.